The number of hydrogen-bond donors (Lipinski definition) is 0. The third kappa shape index (κ3) is 2.71. The van der Waals surface area contributed by atoms with Crippen LogP contribution in [0.5, 0.6) is 0 Å². The van der Waals surface area contributed by atoms with Gasteiger partial charge in [0.1, 0.15) is 11.4 Å². The summed E-state index contributed by atoms with van der Waals surface area (Å²) in [6.07, 6.45) is 4.70. The van der Waals surface area contributed by atoms with E-state index in [1.807, 2.05) is 0 Å². The Morgan fingerprint density at radius 3 is 2.74 bits per heavy atom. The van der Waals surface area contributed by atoms with Crippen molar-refractivity contribution in [2.24, 2.45) is 4.99 Å². The normalized spacial score (nSPS) is 17.2. The molecule has 0 unspecified atom stereocenters. The number of halogens is 2. The first-order valence-corrected chi connectivity index (χ1v) is 6.57. The number of hydrogen-bond acceptors (Lipinski definition) is 3. The lowest BCUT2D eigenvalue weighted by molar-refractivity contribution is 0.184. The molecule has 2 rings (SSSR count). The molecule has 1 fully saturated rings. The fourth-order valence-electron chi connectivity index (χ4n) is 2.72. The van der Waals surface area contributed by atoms with Gasteiger partial charge >= 0.3 is 0 Å². The first-order chi connectivity index (χ1) is 9.13. The van der Waals surface area contributed by atoms with E-state index in [0.717, 1.165) is 18.4 Å². The van der Waals surface area contributed by atoms with E-state index in [1.54, 1.807) is 19.3 Å². The van der Waals surface area contributed by atoms with Crippen molar-refractivity contribution in [2.75, 3.05) is 7.11 Å². The van der Waals surface area contributed by atoms with Crippen LogP contribution in [0.15, 0.2) is 17.1 Å². The molecule has 1 saturated carbocycles. The van der Waals surface area contributed by atoms with E-state index >= 15 is 0 Å². The van der Waals surface area contributed by atoms with Gasteiger partial charge < -0.3 is 4.74 Å². The lowest BCUT2D eigenvalue weighted by Gasteiger charge is -2.24. The Morgan fingerprint density at radius 1 is 1.47 bits per heavy atom. The van der Waals surface area contributed by atoms with E-state index in [9.17, 15) is 9.18 Å². The molecule has 0 bridgehead atoms. The molecule has 0 aromatic heterocycles. The van der Waals surface area contributed by atoms with Crippen LogP contribution < -0.4 is 0 Å². The Morgan fingerprint density at radius 2 is 2.16 bits per heavy atom. The van der Waals surface area contributed by atoms with Crippen LogP contribution in [-0.4, -0.2) is 13.2 Å². The first kappa shape index (κ1) is 14.2. The van der Waals surface area contributed by atoms with E-state index in [2.05, 4.69) is 4.99 Å². The molecule has 0 radical (unpaired) electrons. The minimum absolute atomic E-state index is 0.0388. The van der Waals surface area contributed by atoms with E-state index in [0.29, 0.717) is 25.0 Å². The lowest BCUT2D eigenvalue weighted by atomic mass is 9.87. The Bertz CT molecular complexity index is 520. The SMILES string of the molecule is COCc1cc(Cl)c(F)c(C2(N=C=O)CCCC2)c1. The summed E-state index contributed by atoms with van der Waals surface area (Å²) in [4.78, 5) is 14.6. The maximum Gasteiger partial charge on any atom is 0.235 e. The van der Waals surface area contributed by atoms with Crippen LogP contribution in [0.1, 0.15) is 36.8 Å². The van der Waals surface area contributed by atoms with Crippen molar-refractivity contribution in [1.29, 1.82) is 0 Å². The van der Waals surface area contributed by atoms with Gasteiger partial charge in [0, 0.05) is 12.7 Å². The quantitative estimate of drug-likeness (QED) is 0.624. The molecule has 19 heavy (non-hydrogen) atoms. The molecule has 0 aliphatic heterocycles. The molecule has 1 aliphatic rings. The van der Waals surface area contributed by atoms with Crippen molar-refractivity contribution in [2.45, 2.75) is 37.8 Å². The molecular formula is C14H15ClFNO2. The maximum absolute atomic E-state index is 14.3. The van der Waals surface area contributed by atoms with Crippen LogP contribution in [0.4, 0.5) is 4.39 Å². The van der Waals surface area contributed by atoms with E-state index in [1.165, 1.54) is 6.07 Å². The Balaban J connectivity index is 2.55. The fourth-order valence-corrected chi connectivity index (χ4v) is 2.96. The van der Waals surface area contributed by atoms with E-state index in [4.69, 9.17) is 16.3 Å². The van der Waals surface area contributed by atoms with Crippen LogP contribution in [0.25, 0.3) is 0 Å². The molecule has 1 aliphatic carbocycles. The van der Waals surface area contributed by atoms with Gasteiger partial charge in [0.15, 0.2) is 0 Å². The largest absolute Gasteiger partial charge is 0.380 e. The molecule has 5 heteroatoms. The third-order valence-electron chi connectivity index (χ3n) is 3.59. The summed E-state index contributed by atoms with van der Waals surface area (Å²) in [6.45, 7) is 0.341. The molecular weight excluding hydrogens is 269 g/mol. The summed E-state index contributed by atoms with van der Waals surface area (Å²) < 4.78 is 19.3. The number of rotatable bonds is 4. The molecule has 102 valence electrons. The Hall–Kier alpha value is -1.22. The first-order valence-electron chi connectivity index (χ1n) is 6.19. The summed E-state index contributed by atoms with van der Waals surface area (Å²) >= 11 is 5.92. The second-order valence-electron chi connectivity index (χ2n) is 4.81. The minimum atomic E-state index is -0.806. The zero-order valence-corrected chi connectivity index (χ0v) is 11.5. The van der Waals surface area contributed by atoms with Gasteiger partial charge in [0.05, 0.1) is 11.6 Å². The zero-order chi connectivity index (χ0) is 13.9. The van der Waals surface area contributed by atoms with Gasteiger partial charge in [-0.2, -0.15) is 4.99 Å². The topological polar surface area (TPSA) is 38.7 Å². The van der Waals surface area contributed by atoms with Crippen LogP contribution in [0, 0.1) is 5.82 Å². The van der Waals surface area contributed by atoms with Gasteiger partial charge in [0.25, 0.3) is 0 Å². The average Bonchev–Trinajstić information content (AvgIpc) is 2.84. The predicted octanol–water partition coefficient (Wildman–Crippen LogP) is 3.73. The van der Waals surface area contributed by atoms with Gasteiger partial charge in [-0.05, 0) is 30.5 Å². The van der Waals surface area contributed by atoms with Crippen molar-refractivity contribution < 1.29 is 13.9 Å². The van der Waals surface area contributed by atoms with Crippen LogP contribution in [0.2, 0.25) is 5.02 Å². The second kappa shape index (κ2) is 5.83. The smallest absolute Gasteiger partial charge is 0.235 e. The molecule has 0 amide bonds. The Labute approximate surface area is 116 Å². The minimum Gasteiger partial charge on any atom is -0.380 e. The van der Waals surface area contributed by atoms with Gasteiger partial charge in [-0.25, -0.2) is 9.18 Å². The van der Waals surface area contributed by atoms with E-state index in [-0.39, 0.29) is 5.02 Å². The van der Waals surface area contributed by atoms with Crippen molar-refractivity contribution in [3.63, 3.8) is 0 Å². The summed E-state index contributed by atoms with van der Waals surface area (Å²) in [5.74, 6) is -0.498. The summed E-state index contributed by atoms with van der Waals surface area (Å²) in [7, 11) is 1.56. The molecule has 0 spiro atoms. The van der Waals surface area contributed by atoms with Crippen molar-refractivity contribution in [3.05, 3.63) is 34.1 Å². The Kier molecular flexibility index (Phi) is 4.35. The monoisotopic (exact) mass is 283 g/mol. The number of ether oxygens (including phenoxy) is 1. The van der Waals surface area contributed by atoms with Gasteiger partial charge in [0.2, 0.25) is 6.08 Å². The molecule has 1 aromatic carbocycles. The molecule has 0 heterocycles. The second-order valence-corrected chi connectivity index (χ2v) is 5.22. The molecule has 0 atom stereocenters. The van der Waals surface area contributed by atoms with Gasteiger partial charge in [-0.1, -0.05) is 24.4 Å². The highest BCUT2D eigenvalue weighted by Gasteiger charge is 2.38. The highest BCUT2D eigenvalue weighted by atomic mass is 35.5. The predicted molar refractivity (Wildman–Crippen MR) is 70.4 cm³/mol. The summed E-state index contributed by atoms with van der Waals surface area (Å²) in [5, 5.41) is 0.0388. The molecule has 3 nitrogen and oxygen atoms in total. The number of nitrogens with zero attached hydrogens (tertiary/aromatic N) is 1. The zero-order valence-electron chi connectivity index (χ0n) is 10.7. The number of isocyanates is 1. The third-order valence-corrected chi connectivity index (χ3v) is 3.87. The van der Waals surface area contributed by atoms with E-state index < -0.39 is 11.4 Å². The van der Waals surface area contributed by atoms with Crippen molar-refractivity contribution >= 4 is 17.7 Å². The number of benzene rings is 1. The van der Waals surface area contributed by atoms with Crippen LogP contribution in [-0.2, 0) is 21.7 Å². The average molecular weight is 284 g/mol. The van der Waals surface area contributed by atoms with Crippen LogP contribution >= 0.6 is 11.6 Å². The highest BCUT2D eigenvalue weighted by molar-refractivity contribution is 6.30. The molecule has 0 saturated heterocycles. The molecule has 1 aromatic rings. The lowest BCUT2D eigenvalue weighted by Crippen LogP contribution is -2.21. The number of carbonyl (C=O) groups excluding carboxylic acids is 1. The summed E-state index contributed by atoms with van der Waals surface area (Å²) in [5.41, 5.74) is 0.350. The van der Waals surface area contributed by atoms with Crippen molar-refractivity contribution in [1.82, 2.24) is 0 Å². The van der Waals surface area contributed by atoms with Crippen LogP contribution in [0.3, 0.4) is 0 Å². The summed E-state index contributed by atoms with van der Waals surface area (Å²) in [6, 6.07) is 3.23. The maximum atomic E-state index is 14.3. The van der Waals surface area contributed by atoms with Gasteiger partial charge in [-0.3, -0.25) is 0 Å². The molecule has 0 N–H and O–H groups in total. The standard InChI is InChI=1S/C14H15ClFNO2/c1-19-8-10-6-11(13(16)12(15)7-10)14(17-9-18)4-2-3-5-14/h6-7H,2-5,8H2,1H3. The van der Waals surface area contributed by atoms with Crippen molar-refractivity contribution in [3.8, 4) is 0 Å². The highest BCUT2D eigenvalue weighted by Crippen LogP contribution is 2.44. The van der Waals surface area contributed by atoms with Gasteiger partial charge in [-0.15, -0.1) is 0 Å². The number of methoxy groups -OCH3 is 1. The fraction of sp³-hybridized carbons (Fsp3) is 0.500. The number of aliphatic imine (C=N–C) groups is 1.